The van der Waals surface area contributed by atoms with Crippen molar-refractivity contribution in [3.05, 3.63) is 41.1 Å². The van der Waals surface area contributed by atoms with Crippen LogP contribution in [0.25, 0.3) is 15.7 Å². The van der Waals surface area contributed by atoms with Crippen LogP contribution < -0.4 is 0 Å². The number of nitrogens with zero attached hydrogens (tertiary/aromatic N) is 2. The van der Waals surface area contributed by atoms with E-state index in [-0.39, 0.29) is 11.3 Å². The van der Waals surface area contributed by atoms with Crippen molar-refractivity contribution >= 4 is 22.6 Å². The number of hydrogen-bond donors (Lipinski definition) is 1. The first-order valence-electron chi connectivity index (χ1n) is 4.44. The Kier molecular flexibility index (Phi) is 2.13. The molecule has 16 heavy (non-hydrogen) atoms. The zero-order valence-electron chi connectivity index (χ0n) is 8.36. The molecule has 2 aromatic rings. The Hall–Kier alpha value is -2.35. The van der Waals surface area contributed by atoms with E-state index in [1.807, 2.05) is 0 Å². The summed E-state index contributed by atoms with van der Waals surface area (Å²) in [6.07, 6.45) is 1.40. The van der Waals surface area contributed by atoms with Gasteiger partial charge >= 0.3 is 5.97 Å². The van der Waals surface area contributed by atoms with Gasteiger partial charge in [-0.2, -0.15) is 0 Å². The highest BCUT2D eigenvalue weighted by molar-refractivity contribution is 6.04. The molecule has 1 aromatic carbocycles. The van der Waals surface area contributed by atoms with Crippen LogP contribution in [0.2, 0.25) is 0 Å². The van der Waals surface area contributed by atoms with Gasteiger partial charge in [-0.25, -0.2) is 14.0 Å². The zero-order chi connectivity index (χ0) is 11.9. The van der Waals surface area contributed by atoms with Crippen LogP contribution in [0.15, 0.2) is 18.3 Å². The third-order valence-corrected chi connectivity index (χ3v) is 2.41. The van der Waals surface area contributed by atoms with Crippen LogP contribution in [-0.2, 0) is 7.05 Å². The smallest absolute Gasteiger partial charge is 0.337 e. The maximum absolute atomic E-state index is 13.4. The van der Waals surface area contributed by atoms with Gasteiger partial charge in [-0.05, 0) is 12.1 Å². The number of hydrogen-bond acceptors (Lipinski definition) is 1. The molecule has 0 bridgehead atoms. The molecule has 80 valence electrons. The van der Waals surface area contributed by atoms with Gasteiger partial charge in [0, 0.05) is 24.1 Å². The maximum atomic E-state index is 13.4. The van der Waals surface area contributed by atoms with Gasteiger partial charge < -0.3 is 9.67 Å². The average Bonchev–Trinajstić information content (AvgIpc) is 2.54. The third kappa shape index (κ3) is 1.32. The summed E-state index contributed by atoms with van der Waals surface area (Å²) in [7, 11) is 1.65. The molecule has 4 nitrogen and oxygen atoms in total. The fraction of sp³-hybridized carbons (Fsp3) is 0.0909. The van der Waals surface area contributed by atoms with Crippen molar-refractivity contribution in [1.29, 1.82) is 0 Å². The van der Waals surface area contributed by atoms with E-state index in [1.54, 1.807) is 11.6 Å². The number of halogens is 1. The van der Waals surface area contributed by atoms with E-state index < -0.39 is 11.8 Å². The molecule has 0 amide bonds. The molecule has 0 aliphatic carbocycles. The van der Waals surface area contributed by atoms with Gasteiger partial charge in [-0.1, -0.05) is 0 Å². The Labute approximate surface area is 90.4 Å². The lowest BCUT2D eigenvalue weighted by molar-refractivity contribution is 0.0699. The van der Waals surface area contributed by atoms with Crippen LogP contribution in [0.5, 0.6) is 0 Å². The normalized spacial score (nSPS) is 10.3. The van der Waals surface area contributed by atoms with Crippen molar-refractivity contribution < 1.29 is 14.3 Å². The first-order valence-corrected chi connectivity index (χ1v) is 4.44. The summed E-state index contributed by atoms with van der Waals surface area (Å²) in [4.78, 5) is 13.9. The van der Waals surface area contributed by atoms with Crippen molar-refractivity contribution in [2.45, 2.75) is 0 Å². The maximum Gasteiger partial charge on any atom is 0.337 e. The molecule has 0 spiro atoms. The minimum Gasteiger partial charge on any atom is -0.478 e. The molecule has 1 N–H and O–H groups in total. The molecule has 2 rings (SSSR count). The van der Waals surface area contributed by atoms with E-state index in [2.05, 4.69) is 4.85 Å². The molecule has 1 aromatic heterocycles. The largest absolute Gasteiger partial charge is 0.478 e. The number of aromatic carboxylic acids is 1. The predicted molar refractivity (Wildman–Crippen MR) is 56.1 cm³/mol. The van der Waals surface area contributed by atoms with Gasteiger partial charge in [0.25, 0.3) is 0 Å². The highest BCUT2D eigenvalue weighted by atomic mass is 19.1. The summed E-state index contributed by atoms with van der Waals surface area (Å²) < 4.78 is 14.9. The topological polar surface area (TPSA) is 46.6 Å². The number of rotatable bonds is 1. The lowest BCUT2D eigenvalue weighted by atomic mass is 10.1. The second-order valence-electron chi connectivity index (χ2n) is 3.39. The molecule has 0 aliphatic heterocycles. The molecule has 0 atom stereocenters. The predicted octanol–water partition coefficient (Wildman–Crippen LogP) is 2.57. The lowest BCUT2D eigenvalue weighted by Gasteiger charge is -1.98. The first-order chi connectivity index (χ1) is 7.54. The highest BCUT2D eigenvalue weighted by Crippen LogP contribution is 2.28. The van der Waals surface area contributed by atoms with Crippen molar-refractivity contribution in [1.82, 2.24) is 4.57 Å². The Morgan fingerprint density at radius 2 is 2.25 bits per heavy atom. The number of aromatic nitrogens is 1. The lowest BCUT2D eigenvalue weighted by Crippen LogP contribution is -1.94. The molecule has 0 saturated heterocycles. The van der Waals surface area contributed by atoms with E-state index in [9.17, 15) is 9.18 Å². The van der Waals surface area contributed by atoms with Crippen molar-refractivity contribution in [2.75, 3.05) is 0 Å². The second-order valence-corrected chi connectivity index (χ2v) is 3.39. The van der Waals surface area contributed by atoms with E-state index >= 15 is 0 Å². The standard InChI is InChI=1S/C11H7FN2O2/c1-13-9-4-10-6(3-8(9)12)7(11(15)16)5-14(10)2/h3-5H,2H3,(H,15,16). The molecule has 1 heterocycles. The minimum absolute atomic E-state index is 0.0351. The van der Waals surface area contributed by atoms with E-state index in [0.717, 1.165) is 6.07 Å². The van der Waals surface area contributed by atoms with Gasteiger partial charge in [0.05, 0.1) is 12.1 Å². The Morgan fingerprint density at radius 1 is 1.56 bits per heavy atom. The quantitative estimate of drug-likeness (QED) is 0.747. The monoisotopic (exact) mass is 218 g/mol. The van der Waals surface area contributed by atoms with Crippen LogP contribution in [0, 0.1) is 12.4 Å². The Morgan fingerprint density at radius 3 is 2.81 bits per heavy atom. The van der Waals surface area contributed by atoms with Crippen LogP contribution >= 0.6 is 0 Å². The number of benzene rings is 1. The fourth-order valence-electron chi connectivity index (χ4n) is 1.65. The Balaban J connectivity index is 2.88. The number of carboxylic acid groups (broad SMARTS) is 1. The number of carboxylic acids is 1. The van der Waals surface area contributed by atoms with Gasteiger partial charge in [0.15, 0.2) is 0 Å². The van der Waals surface area contributed by atoms with Crippen LogP contribution in [0.1, 0.15) is 10.4 Å². The molecule has 0 unspecified atom stereocenters. The van der Waals surface area contributed by atoms with E-state index in [0.29, 0.717) is 10.9 Å². The third-order valence-electron chi connectivity index (χ3n) is 2.41. The first kappa shape index (κ1) is 10.2. The van der Waals surface area contributed by atoms with Gasteiger partial charge in [-0.3, -0.25) is 0 Å². The minimum atomic E-state index is -1.11. The molecule has 0 radical (unpaired) electrons. The Bertz CT molecular complexity index is 637. The SMILES string of the molecule is [C-]#[N+]c1cc2c(cc1F)c(C(=O)O)cn2C. The van der Waals surface area contributed by atoms with Crippen molar-refractivity contribution in [3.8, 4) is 0 Å². The number of carbonyl (C=O) groups is 1. The van der Waals surface area contributed by atoms with Gasteiger partial charge in [0.1, 0.15) is 5.82 Å². The summed E-state index contributed by atoms with van der Waals surface area (Å²) in [6, 6.07) is 2.44. The van der Waals surface area contributed by atoms with Crippen molar-refractivity contribution in [3.63, 3.8) is 0 Å². The molecular weight excluding hydrogens is 211 g/mol. The summed E-state index contributed by atoms with van der Waals surface area (Å²) >= 11 is 0. The zero-order valence-corrected chi connectivity index (χ0v) is 8.36. The van der Waals surface area contributed by atoms with Crippen LogP contribution in [0.4, 0.5) is 10.1 Å². The summed E-state index contributed by atoms with van der Waals surface area (Å²) in [5.41, 5.74) is 0.461. The molecule has 0 fully saturated rings. The molecule has 0 aliphatic rings. The molecular formula is C11H7FN2O2. The average molecular weight is 218 g/mol. The van der Waals surface area contributed by atoms with Crippen LogP contribution in [-0.4, -0.2) is 15.6 Å². The molecule has 0 saturated carbocycles. The van der Waals surface area contributed by atoms with Crippen LogP contribution in [0.3, 0.4) is 0 Å². The number of aryl methyl sites for hydroxylation is 1. The summed E-state index contributed by atoms with van der Waals surface area (Å²) in [5.74, 6) is -1.81. The van der Waals surface area contributed by atoms with Gasteiger partial charge in [-0.15, -0.1) is 0 Å². The second kappa shape index (κ2) is 3.35. The number of fused-ring (bicyclic) bond motifs is 1. The highest BCUT2D eigenvalue weighted by Gasteiger charge is 2.15. The summed E-state index contributed by atoms with van der Waals surface area (Å²) in [6.45, 7) is 6.78. The van der Waals surface area contributed by atoms with E-state index in [4.69, 9.17) is 11.7 Å². The summed E-state index contributed by atoms with van der Waals surface area (Å²) in [5, 5.41) is 9.22. The fourth-order valence-corrected chi connectivity index (χ4v) is 1.65. The molecule has 5 heteroatoms. The van der Waals surface area contributed by atoms with Gasteiger partial charge in [0.2, 0.25) is 5.69 Å². The van der Waals surface area contributed by atoms with Crippen molar-refractivity contribution in [2.24, 2.45) is 7.05 Å². The van der Waals surface area contributed by atoms with E-state index in [1.165, 1.54) is 12.3 Å².